The fourth-order valence-corrected chi connectivity index (χ4v) is 3.12. The minimum Gasteiger partial charge on any atom is -0.340 e. The van der Waals surface area contributed by atoms with E-state index >= 15 is 0 Å². The number of hydrogen-bond donors (Lipinski definition) is 1. The van der Waals surface area contributed by atoms with Crippen molar-refractivity contribution in [2.24, 2.45) is 0 Å². The van der Waals surface area contributed by atoms with Crippen molar-refractivity contribution in [1.29, 1.82) is 0 Å². The van der Waals surface area contributed by atoms with Crippen molar-refractivity contribution in [1.82, 2.24) is 5.32 Å². The summed E-state index contributed by atoms with van der Waals surface area (Å²) in [7, 11) is 0. The van der Waals surface area contributed by atoms with Gasteiger partial charge in [0.15, 0.2) is 11.6 Å². The van der Waals surface area contributed by atoms with Gasteiger partial charge in [0.1, 0.15) is 23.6 Å². The van der Waals surface area contributed by atoms with Crippen LogP contribution in [-0.2, 0) is 9.59 Å². The molecule has 7 heteroatoms. The number of amides is 2. The van der Waals surface area contributed by atoms with Gasteiger partial charge in [-0.3, -0.25) is 14.5 Å². The molecule has 2 fully saturated rings. The topological polar surface area (TPSA) is 49.4 Å². The smallest absolute Gasteiger partial charge is 0.253 e. The largest absolute Gasteiger partial charge is 0.340 e. The first-order valence-electron chi connectivity index (χ1n) is 6.70. The molecule has 1 aromatic carbocycles. The Balaban J connectivity index is 2.05. The Kier molecular flexibility index (Phi) is 3.15. The first kappa shape index (κ1) is 13.9. The van der Waals surface area contributed by atoms with Crippen LogP contribution in [0.25, 0.3) is 0 Å². The van der Waals surface area contributed by atoms with E-state index in [1.165, 1.54) is 0 Å². The summed E-state index contributed by atoms with van der Waals surface area (Å²) in [6.45, 7) is -0.472. The minimum absolute atomic E-state index is 0.443. The van der Waals surface area contributed by atoms with Gasteiger partial charge in [-0.05, 0) is 12.8 Å². The van der Waals surface area contributed by atoms with Gasteiger partial charge in [0, 0.05) is 12.1 Å². The highest BCUT2D eigenvalue weighted by molar-refractivity contribution is 6.09. The fraction of sp³-hybridized carbons (Fsp3) is 0.429. The van der Waals surface area contributed by atoms with Crippen molar-refractivity contribution in [3.8, 4) is 0 Å². The molecule has 1 heterocycles. The van der Waals surface area contributed by atoms with E-state index in [0.717, 1.165) is 17.7 Å². The third-order valence-corrected chi connectivity index (χ3v) is 4.04. The highest BCUT2D eigenvalue weighted by Gasteiger charge is 2.49. The molecular weight excluding hydrogens is 285 g/mol. The van der Waals surface area contributed by atoms with Gasteiger partial charge in [0.25, 0.3) is 5.91 Å². The molecule has 1 saturated heterocycles. The van der Waals surface area contributed by atoms with Gasteiger partial charge in [-0.2, -0.15) is 0 Å². The second-order valence-corrected chi connectivity index (χ2v) is 5.45. The van der Waals surface area contributed by atoms with Crippen molar-refractivity contribution in [3.63, 3.8) is 0 Å². The quantitative estimate of drug-likeness (QED) is 0.860. The summed E-state index contributed by atoms with van der Waals surface area (Å²) in [5, 5.41) is 2.64. The molecule has 0 unspecified atom stereocenters. The van der Waals surface area contributed by atoms with Gasteiger partial charge < -0.3 is 5.32 Å². The minimum atomic E-state index is -1.19. The summed E-state index contributed by atoms with van der Waals surface area (Å²) in [5.74, 6) is -4.46. The lowest BCUT2D eigenvalue weighted by atomic mass is 9.92. The van der Waals surface area contributed by atoms with Crippen LogP contribution in [0.4, 0.5) is 18.9 Å². The molecular formula is C14H13F3N2O2. The molecule has 0 aromatic heterocycles. The Hall–Kier alpha value is -2.05. The molecule has 3 rings (SSSR count). The monoisotopic (exact) mass is 298 g/mol. The summed E-state index contributed by atoms with van der Waals surface area (Å²) in [5.41, 5.74) is -1.75. The van der Waals surface area contributed by atoms with Crippen LogP contribution in [0, 0.1) is 17.5 Å². The number of hydrogen-bond acceptors (Lipinski definition) is 2. The molecule has 112 valence electrons. The van der Waals surface area contributed by atoms with E-state index in [-0.39, 0.29) is 0 Å². The number of nitrogens with zero attached hydrogens (tertiary/aromatic N) is 1. The van der Waals surface area contributed by atoms with Crippen LogP contribution in [0.1, 0.15) is 25.7 Å². The van der Waals surface area contributed by atoms with Crippen molar-refractivity contribution in [2.75, 3.05) is 11.4 Å². The van der Waals surface area contributed by atoms with E-state index in [1.807, 2.05) is 0 Å². The van der Waals surface area contributed by atoms with Gasteiger partial charge in [0.2, 0.25) is 5.91 Å². The molecule has 1 N–H and O–H groups in total. The van der Waals surface area contributed by atoms with Crippen molar-refractivity contribution in [3.05, 3.63) is 29.6 Å². The molecule has 1 aliphatic heterocycles. The number of carbonyl (C=O) groups excluding carboxylic acids is 2. The molecule has 0 bridgehead atoms. The molecule has 1 aliphatic carbocycles. The Labute approximate surface area is 118 Å². The van der Waals surface area contributed by atoms with Crippen LogP contribution in [0.15, 0.2) is 12.1 Å². The van der Waals surface area contributed by atoms with Crippen molar-refractivity contribution >= 4 is 17.5 Å². The first-order chi connectivity index (χ1) is 9.93. The Morgan fingerprint density at radius 2 is 1.62 bits per heavy atom. The summed E-state index contributed by atoms with van der Waals surface area (Å²) in [4.78, 5) is 25.2. The maximum Gasteiger partial charge on any atom is 0.253 e. The Morgan fingerprint density at radius 3 is 2.19 bits per heavy atom. The average molecular weight is 298 g/mol. The SMILES string of the molecule is O=C1CN(c2c(F)cc(F)cc2F)C(=O)C2(CCCC2)N1. The number of benzene rings is 1. The molecule has 2 amide bonds. The molecule has 1 spiro atoms. The summed E-state index contributed by atoms with van der Waals surface area (Å²) >= 11 is 0. The lowest BCUT2D eigenvalue weighted by Gasteiger charge is -2.39. The molecule has 21 heavy (non-hydrogen) atoms. The maximum absolute atomic E-state index is 13.9. The van der Waals surface area contributed by atoms with Gasteiger partial charge in [-0.25, -0.2) is 13.2 Å². The third kappa shape index (κ3) is 2.16. The summed E-state index contributed by atoms with van der Waals surface area (Å²) in [6, 6.07) is 0.999. The zero-order valence-corrected chi connectivity index (χ0v) is 11.1. The Morgan fingerprint density at radius 1 is 1.05 bits per heavy atom. The van der Waals surface area contributed by atoms with E-state index < -0.39 is 47.0 Å². The molecule has 1 saturated carbocycles. The van der Waals surface area contributed by atoms with E-state index in [9.17, 15) is 22.8 Å². The lowest BCUT2D eigenvalue weighted by Crippen LogP contribution is -2.66. The summed E-state index contributed by atoms with van der Waals surface area (Å²) < 4.78 is 40.7. The maximum atomic E-state index is 13.9. The third-order valence-electron chi connectivity index (χ3n) is 4.04. The van der Waals surface area contributed by atoms with Gasteiger partial charge in [-0.15, -0.1) is 0 Å². The predicted molar refractivity (Wildman–Crippen MR) is 68.0 cm³/mol. The van der Waals surface area contributed by atoms with Crippen LogP contribution in [-0.4, -0.2) is 23.9 Å². The van der Waals surface area contributed by atoms with Crippen LogP contribution in [0.5, 0.6) is 0 Å². The number of nitrogens with one attached hydrogen (secondary N) is 1. The van der Waals surface area contributed by atoms with Crippen LogP contribution < -0.4 is 10.2 Å². The number of halogens is 3. The highest BCUT2D eigenvalue weighted by Crippen LogP contribution is 2.36. The number of carbonyl (C=O) groups is 2. The van der Waals surface area contributed by atoms with E-state index in [4.69, 9.17) is 0 Å². The van der Waals surface area contributed by atoms with E-state index in [0.29, 0.717) is 25.0 Å². The van der Waals surface area contributed by atoms with Gasteiger partial charge in [0.05, 0.1) is 0 Å². The van der Waals surface area contributed by atoms with E-state index in [2.05, 4.69) is 5.32 Å². The second-order valence-electron chi connectivity index (χ2n) is 5.45. The standard InChI is InChI=1S/C14H13F3N2O2/c15-8-5-9(16)12(10(17)6-8)19-7-11(20)18-14(13(19)21)3-1-2-4-14/h5-6H,1-4,7H2,(H,18,20). The van der Waals surface area contributed by atoms with Crippen LogP contribution in [0.3, 0.4) is 0 Å². The number of piperazine rings is 1. The summed E-state index contributed by atoms with van der Waals surface area (Å²) in [6.07, 6.45) is 2.40. The molecule has 4 nitrogen and oxygen atoms in total. The molecule has 2 aliphatic rings. The van der Waals surface area contributed by atoms with Gasteiger partial charge in [-0.1, -0.05) is 12.8 Å². The lowest BCUT2D eigenvalue weighted by molar-refractivity contribution is -0.135. The fourth-order valence-electron chi connectivity index (χ4n) is 3.12. The zero-order chi connectivity index (χ0) is 15.2. The zero-order valence-electron chi connectivity index (χ0n) is 11.1. The van der Waals surface area contributed by atoms with Gasteiger partial charge >= 0.3 is 0 Å². The molecule has 1 aromatic rings. The number of anilines is 1. The first-order valence-corrected chi connectivity index (χ1v) is 6.70. The van der Waals surface area contributed by atoms with Crippen LogP contribution >= 0.6 is 0 Å². The van der Waals surface area contributed by atoms with Crippen LogP contribution in [0.2, 0.25) is 0 Å². The number of rotatable bonds is 1. The Bertz CT molecular complexity index is 604. The molecule has 0 radical (unpaired) electrons. The molecule has 0 atom stereocenters. The van der Waals surface area contributed by atoms with E-state index in [1.54, 1.807) is 0 Å². The average Bonchev–Trinajstić information content (AvgIpc) is 2.83. The highest BCUT2D eigenvalue weighted by atomic mass is 19.1. The van der Waals surface area contributed by atoms with Crippen molar-refractivity contribution in [2.45, 2.75) is 31.2 Å². The van der Waals surface area contributed by atoms with Crippen molar-refractivity contribution < 1.29 is 22.8 Å². The second kappa shape index (κ2) is 4.75. The predicted octanol–water partition coefficient (Wildman–Crippen LogP) is 1.88. The normalized spacial score (nSPS) is 21.0.